The summed E-state index contributed by atoms with van der Waals surface area (Å²) in [7, 11) is 0. The third-order valence-electron chi connectivity index (χ3n) is 1.98. The molecule has 0 saturated heterocycles. The molecule has 1 atom stereocenters. The molecule has 0 radical (unpaired) electrons. The van der Waals surface area contributed by atoms with Gasteiger partial charge < -0.3 is 0 Å². The maximum absolute atomic E-state index is 2.27. The lowest BCUT2D eigenvalue weighted by Gasteiger charge is -2.00. The van der Waals surface area contributed by atoms with Gasteiger partial charge in [0, 0.05) is 11.0 Å². The number of hydrogen-bond donors (Lipinski definition) is 0. The lowest BCUT2D eigenvalue weighted by molar-refractivity contribution is 1.11. The van der Waals surface area contributed by atoms with Crippen molar-refractivity contribution in [2.45, 2.75) is 17.9 Å². The third kappa shape index (κ3) is 0.853. The van der Waals surface area contributed by atoms with Crippen LogP contribution in [-0.2, 0) is 5.75 Å². The Labute approximate surface area is 65.6 Å². The minimum Gasteiger partial charge on any atom is -0.149 e. The molecule has 0 N–H and O–H groups in total. The maximum Gasteiger partial charge on any atom is 0.0275 e. The van der Waals surface area contributed by atoms with Crippen LogP contribution in [-0.4, -0.2) is 0 Å². The summed E-state index contributed by atoms with van der Waals surface area (Å²) in [6, 6.07) is 8.71. The normalized spacial score (nSPS) is 22.7. The van der Waals surface area contributed by atoms with Crippen LogP contribution in [0.4, 0.5) is 0 Å². The monoisotopic (exact) mass is 150 g/mol. The molecule has 1 aromatic carbocycles. The molecule has 2 rings (SSSR count). The Bertz CT molecular complexity index is 242. The molecule has 0 saturated carbocycles. The molecule has 1 aromatic rings. The summed E-state index contributed by atoms with van der Waals surface area (Å²) in [5.41, 5.74) is 3.06. The van der Waals surface area contributed by atoms with Crippen molar-refractivity contribution in [3.8, 4) is 0 Å². The second kappa shape index (κ2) is 2.31. The minimum absolute atomic E-state index is 0.719. The summed E-state index contributed by atoms with van der Waals surface area (Å²) in [4.78, 5) is 0. The van der Waals surface area contributed by atoms with Crippen molar-refractivity contribution >= 4 is 11.8 Å². The van der Waals surface area contributed by atoms with Crippen LogP contribution >= 0.6 is 11.8 Å². The molecule has 52 valence electrons. The number of fused-ring (bicyclic) bond motifs is 1. The van der Waals surface area contributed by atoms with Crippen molar-refractivity contribution in [2.24, 2.45) is 0 Å². The molecule has 0 nitrogen and oxygen atoms in total. The van der Waals surface area contributed by atoms with E-state index >= 15 is 0 Å². The van der Waals surface area contributed by atoms with Gasteiger partial charge in [0.05, 0.1) is 0 Å². The van der Waals surface area contributed by atoms with E-state index < -0.39 is 0 Å². The molecule has 0 amide bonds. The van der Waals surface area contributed by atoms with Crippen LogP contribution in [0.5, 0.6) is 0 Å². The molecular weight excluding hydrogens is 140 g/mol. The summed E-state index contributed by atoms with van der Waals surface area (Å²) in [5.74, 6) is 1.21. The molecule has 0 aliphatic carbocycles. The molecule has 1 heteroatoms. The Morgan fingerprint density at radius 3 is 3.00 bits per heavy atom. The Balaban J connectivity index is 2.51. The second-order valence-corrected chi connectivity index (χ2v) is 3.98. The highest BCUT2D eigenvalue weighted by Crippen LogP contribution is 2.40. The first kappa shape index (κ1) is 6.29. The Morgan fingerprint density at radius 2 is 2.20 bits per heavy atom. The van der Waals surface area contributed by atoms with Gasteiger partial charge in [0.1, 0.15) is 0 Å². The summed E-state index contributed by atoms with van der Waals surface area (Å²) < 4.78 is 0. The SMILES string of the molecule is C[C@H]1SCc2ccccc21. The lowest BCUT2D eigenvalue weighted by Crippen LogP contribution is -1.82. The quantitative estimate of drug-likeness (QED) is 0.548. The smallest absolute Gasteiger partial charge is 0.0275 e. The van der Waals surface area contributed by atoms with Crippen molar-refractivity contribution in [3.05, 3.63) is 35.4 Å². The van der Waals surface area contributed by atoms with E-state index in [1.807, 2.05) is 11.8 Å². The summed E-state index contributed by atoms with van der Waals surface area (Å²) in [6.07, 6.45) is 0. The van der Waals surface area contributed by atoms with Crippen LogP contribution < -0.4 is 0 Å². The second-order valence-electron chi connectivity index (χ2n) is 2.65. The Kier molecular flexibility index (Phi) is 1.46. The molecule has 1 aliphatic heterocycles. The van der Waals surface area contributed by atoms with Crippen molar-refractivity contribution in [1.82, 2.24) is 0 Å². The average molecular weight is 150 g/mol. The lowest BCUT2D eigenvalue weighted by atomic mass is 10.1. The Hall–Kier alpha value is -0.430. The third-order valence-corrected chi connectivity index (χ3v) is 3.21. The fourth-order valence-corrected chi connectivity index (χ4v) is 2.47. The van der Waals surface area contributed by atoms with Crippen LogP contribution in [0, 0.1) is 0 Å². The first-order valence-electron chi connectivity index (χ1n) is 3.57. The molecule has 0 unspecified atom stereocenters. The molecule has 0 aromatic heterocycles. The van der Waals surface area contributed by atoms with E-state index in [0.29, 0.717) is 0 Å². The number of rotatable bonds is 0. The highest BCUT2D eigenvalue weighted by Gasteiger charge is 2.16. The van der Waals surface area contributed by atoms with Gasteiger partial charge in [-0.1, -0.05) is 24.3 Å². The predicted octanol–water partition coefficient (Wildman–Crippen LogP) is 2.99. The van der Waals surface area contributed by atoms with Crippen LogP contribution in [0.3, 0.4) is 0 Å². The highest BCUT2D eigenvalue weighted by molar-refractivity contribution is 7.99. The van der Waals surface area contributed by atoms with Crippen LogP contribution in [0.25, 0.3) is 0 Å². The Morgan fingerprint density at radius 1 is 1.40 bits per heavy atom. The topological polar surface area (TPSA) is 0 Å². The summed E-state index contributed by atoms with van der Waals surface area (Å²) in [5, 5.41) is 0.719. The number of hydrogen-bond acceptors (Lipinski definition) is 1. The zero-order chi connectivity index (χ0) is 6.97. The molecule has 10 heavy (non-hydrogen) atoms. The van der Waals surface area contributed by atoms with Crippen LogP contribution in [0.15, 0.2) is 24.3 Å². The minimum atomic E-state index is 0.719. The summed E-state index contributed by atoms with van der Waals surface area (Å²) in [6.45, 7) is 2.27. The van der Waals surface area contributed by atoms with E-state index in [1.165, 1.54) is 16.9 Å². The van der Waals surface area contributed by atoms with Crippen LogP contribution in [0.1, 0.15) is 23.3 Å². The van der Waals surface area contributed by atoms with Crippen LogP contribution in [0.2, 0.25) is 0 Å². The van der Waals surface area contributed by atoms with Gasteiger partial charge in [-0.15, -0.1) is 11.8 Å². The number of thioether (sulfide) groups is 1. The first-order valence-corrected chi connectivity index (χ1v) is 4.62. The van der Waals surface area contributed by atoms with E-state index in [1.54, 1.807) is 0 Å². The summed E-state index contributed by atoms with van der Waals surface area (Å²) >= 11 is 2.03. The van der Waals surface area contributed by atoms with Gasteiger partial charge in [-0.05, 0) is 18.1 Å². The largest absolute Gasteiger partial charge is 0.149 e. The van der Waals surface area contributed by atoms with Gasteiger partial charge in [-0.25, -0.2) is 0 Å². The van der Waals surface area contributed by atoms with E-state index in [9.17, 15) is 0 Å². The van der Waals surface area contributed by atoms with Crippen molar-refractivity contribution in [2.75, 3.05) is 0 Å². The zero-order valence-corrected chi connectivity index (χ0v) is 6.82. The van der Waals surface area contributed by atoms with E-state index in [2.05, 4.69) is 31.2 Å². The molecule has 0 bridgehead atoms. The highest BCUT2D eigenvalue weighted by atomic mass is 32.2. The molecule has 0 fully saturated rings. The maximum atomic E-state index is 2.27. The van der Waals surface area contributed by atoms with Gasteiger partial charge in [-0.2, -0.15) is 0 Å². The van der Waals surface area contributed by atoms with E-state index in [0.717, 1.165) is 5.25 Å². The fourth-order valence-electron chi connectivity index (χ4n) is 1.37. The molecular formula is C9H10S. The van der Waals surface area contributed by atoms with Gasteiger partial charge in [0.25, 0.3) is 0 Å². The zero-order valence-electron chi connectivity index (χ0n) is 6.00. The van der Waals surface area contributed by atoms with Gasteiger partial charge in [0.2, 0.25) is 0 Å². The van der Waals surface area contributed by atoms with Crippen molar-refractivity contribution < 1.29 is 0 Å². The van der Waals surface area contributed by atoms with Gasteiger partial charge in [-0.3, -0.25) is 0 Å². The van der Waals surface area contributed by atoms with Crippen molar-refractivity contribution in [3.63, 3.8) is 0 Å². The average Bonchev–Trinajstić information content (AvgIpc) is 2.34. The predicted molar refractivity (Wildman–Crippen MR) is 46.2 cm³/mol. The molecule has 1 heterocycles. The number of benzene rings is 1. The standard InChI is InChI=1S/C9H10S/c1-7-9-5-3-2-4-8(9)6-10-7/h2-5,7H,6H2,1H3/t7-/m1/s1. The van der Waals surface area contributed by atoms with Gasteiger partial charge in [0.15, 0.2) is 0 Å². The van der Waals surface area contributed by atoms with E-state index in [-0.39, 0.29) is 0 Å². The van der Waals surface area contributed by atoms with E-state index in [4.69, 9.17) is 0 Å². The fraction of sp³-hybridized carbons (Fsp3) is 0.333. The first-order chi connectivity index (χ1) is 4.88. The molecule has 1 aliphatic rings. The van der Waals surface area contributed by atoms with Crippen molar-refractivity contribution in [1.29, 1.82) is 0 Å². The van der Waals surface area contributed by atoms with Gasteiger partial charge >= 0.3 is 0 Å². The molecule has 0 spiro atoms.